The quantitative estimate of drug-likeness (QED) is 0.477. The first-order chi connectivity index (χ1) is 11.2. The molecule has 0 N–H and O–H groups in total. The van der Waals surface area contributed by atoms with Crippen LogP contribution in [-0.2, 0) is 9.32 Å². The molecule has 1 aliphatic carbocycles. The Kier molecular flexibility index (Phi) is 4.40. The minimum atomic E-state index is -0.857. The number of benzene rings is 2. The minimum Gasteiger partial charge on any atom is -0.450 e. The molecule has 0 spiro atoms. The van der Waals surface area contributed by atoms with Gasteiger partial charge >= 0.3 is 5.97 Å². The third-order valence-electron chi connectivity index (χ3n) is 4.14. The molecule has 0 aromatic heterocycles. The molecule has 0 heterocycles. The molecule has 0 bridgehead atoms. The first-order valence-corrected chi connectivity index (χ1v) is 7.93. The van der Waals surface area contributed by atoms with Crippen molar-refractivity contribution < 1.29 is 9.32 Å². The van der Waals surface area contributed by atoms with Crippen LogP contribution in [0.4, 0.5) is 0 Å². The first-order valence-electron chi connectivity index (χ1n) is 7.45. The third-order valence-corrected chi connectivity index (χ3v) is 4.35. The monoisotopic (exact) mass is 323 g/mol. The predicted octanol–water partition coefficient (Wildman–Crippen LogP) is 3.80. The zero-order chi connectivity index (χ0) is 16.3. The summed E-state index contributed by atoms with van der Waals surface area (Å²) in [6.07, 6.45) is 2.41. The van der Waals surface area contributed by atoms with Crippen molar-refractivity contribution in [3.05, 3.63) is 84.4 Å². The Hall–Kier alpha value is -2.25. The maximum absolute atomic E-state index is 12.3. The highest BCUT2D eigenvalue weighted by atomic mass is 31.0. The van der Waals surface area contributed by atoms with Crippen LogP contribution in [0, 0.1) is 5.92 Å². The summed E-state index contributed by atoms with van der Waals surface area (Å²) in [7, 11) is 2.02. The number of nitrogens with zero attached hydrogens (tertiary/aromatic N) is 1. The van der Waals surface area contributed by atoms with Gasteiger partial charge in [0.05, 0.1) is 15.2 Å². The number of carbonyl (C=O) groups excluding carboxylic acids is 1. The Bertz CT molecular complexity index is 701. The normalized spacial score (nSPS) is 22.0. The van der Waals surface area contributed by atoms with E-state index in [1.54, 1.807) is 6.08 Å². The Labute approximate surface area is 138 Å². The highest BCUT2D eigenvalue weighted by molar-refractivity contribution is 7.10. The van der Waals surface area contributed by atoms with Crippen molar-refractivity contribution in [1.82, 2.24) is 0 Å². The van der Waals surface area contributed by atoms with Crippen LogP contribution in [0.2, 0.25) is 0 Å². The van der Waals surface area contributed by atoms with Crippen molar-refractivity contribution in [1.29, 1.82) is 0 Å². The fourth-order valence-electron chi connectivity index (χ4n) is 2.75. The predicted molar refractivity (Wildman–Crippen MR) is 95.4 cm³/mol. The van der Waals surface area contributed by atoms with Crippen LogP contribution in [0.25, 0.3) is 0 Å². The molecule has 23 heavy (non-hydrogen) atoms. The van der Waals surface area contributed by atoms with Crippen molar-refractivity contribution >= 4 is 21.1 Å². The minimum absolute atomic E-state index is 0.0120. The Morgan fingerprint density at radius 2 is 1.65 bits per heavy atom. The molecule has 2 aromatic carbocycles. The van der Waals surface area contributed by atoms with Gasteiger partial charge < -0.3 is 4.52 Å². The highest BCUT2D eigenvalue weighted by Crippen LogP contribution is 2.50. The lowest BCUT2D eigenvalue weighted by molar-refractivity contribution is -0.135. The van der Waals surface area contributed by atoms with Gasteiger partial charge in [-0.3, -0.25) is 4.99 Å². The summed E-state index contributed by atoms with van der Waals surface area (Å²) in [4.78, 5) is 17.1. The number of rotatable bonds is 5. The molecule has 3 nitrogen and oxygen atoms in total. The van der Waals surface area contributed by atoms with Gasteiger partial charge in [0.2, 0.25) is 0 Å². The molecule has 3 rings (SSSR count). The number of aliphatic imine (C=N–C) groups is 1. The lowest BCUT2D eigenvalue weighted by Crippen LogP contribution is -2.25. The summed E-state index contributed by atoms with van der Waals surface area (Å²) in [5.74, 6) is -0.324. The lowest BCUT2D eigenvalue weighted by atomic mass is 10.0. The second-order valence-electron chi connectivity index (χ2n) is 5.57. The average Bonchev–Trinajstić information content (AvgIpc) is 3.35. The molecule has 2 aromatic rings. The third kappa shape index (κ3) is 2.97. The molecule has 1 saturated carbocycles. The van der Waals surface area contributed by atoms with Gasteiger partial charge in [-0.1, -0.05) is 66.7 Å². The van der Waals surface area contributed by atoms with E-state index in [1.807, 2.05) is 70.1 Å². The molecule has 1 aliphatic rings. The van der Waals surface area contributed by atoms with E-state index in [0.717, 1.165) is 16.8 Å². The second kappa shape index (κ2) is 6.47. The number of hydrogen-bond donors (Lipinski definition) is 0. The van der Waals surface area contributed by atoms with Gasteiger partial charge in [0.1, 0.15) is 0 Å². The Morgan fingerprint density at radius 3 is 2.04 bits per heavy atom. The Balaban J connectivity index is 2.12. The van der Waals surface area contributed by atoms with Crippen LogP contribution in [0.3, 0.4) is 0 Å². The summed E-state index contributed by atoms with van der Waals surface area (Å²) < 4.78 is 4.91. The van der Waals surface area contributed by atoms with Crippen LogP contribution in [0.15, 0.2) is 78.3 Å². The first kappa shape index (κ1) is 15.6. The lowest BCUT2D eigenvalue weighted by Gasteiger charge is -2.14. The zero-order valence-electron chi connectivity index (χ0n) is 12.7. The van der Waals surface area contributed by atoms with E-state index < -0.39 is 5.54 Å². The largest absolute Gasteiger partial charge is 0.450 e. The fourth-order valence-corrected chi connectivity index (χ4v) is 2.96. The fraction of sp³-hybridized carbons (Fsp3) is 0.158. The van der Waals surface area contributed by atoms with Crippen molar-refractivity contribution in [2.75, 3.05) is 0 Å². The Morgan fingerprint density at radius 1 is 1.13 bits per heavy atom. The number of carbonyl (C=O) groups is 1. The summed E-state index contributed by atoms with van der Waals surface area (Å²) in [5, 5.41) is 0. The molecule has 0 amide bonds. The summed E-state index contributed by atoms with van der Waals surface area (Å²) in [5.41, 5.74) is 1.89. The number of hydrogen-bond acceptors (Lipinski definition) is 3. The molecule has 3 atom stereocenters. The molecular weight excluding hydrogens is 305 g/mol. The second-order valence-corrected chi connectivity index (χ2v) is 5.80. The van der Waals surface area contributed by atoms with Crippen LogP contribution >= 0.6 is 9.47 Å². The smallest absolute Gasteiger partial charge is 0.336 e. The van der Waals surface area contributed by atoms with Crippen LogP contribution in [0.5, 0.6) is 0 Å². The van der Waals surface area contributed by atoms with Gasteiger partial charge in [-0.15, -0.1) is 6.58 Å². The molecule has 0 saturated heterocycles. The zero-order valence-corrected chi connectivity index (χ0v) is 13.8. The van der Waals surface area contributed by atoms with Crippen LogP contribution < -0.4 is 0 Å². The van der Waals surface area contributed by atoms with Crippen LogP contribution in [-0.4, -0.2) is 17.2 Å². The van der Waals surface area contributed by atoms with Crippen molar-refractivity contribution in [3.8, 4) is 0 Å². The van der Waals surface area contributed by atoms with Gasteiger partial charge in [0.15, 0.2) is 5.54 Å². The molecule has 3 unspecified atom stereocenters. The van der Waals surface area contributed by atoms with Gasteiger partial charge in [-0.05, 0) is 6.42 Å². The maximum atomic E-state index is 12.3. The topological polar surface area (TPSA) is 38.7 Å². The van der Waals surface area contributed by atoms with E-state index in [-0.39, 0.29) is 11.9 Å². The summed E-state index contributed by atoms with van der Waals surface area (Å²) in [6, 6.07) is 19.8. The van der Waals surface area contributed by atoms with E-state index in [4.69, 9.17) is 9.52 Å². The molecule has 0 radical (unpaired) electrons. The van der Waals surface area contributed by atoms with Gasteiger partial charge in [-0.25, -0.2) is 4.79 Å². The SMILES string of the molecule is C=CC1CC1(N=C(c1ccccc1)c1ccccc1)C(=O)OP. The molecular formula is C19H18NO2P. The highest BCUT2D eigenvalue weighted by Gasteiger charge is 2.60. The molecule has 116 valence electrons. The van der Waals surface area contributed by atoms with Crippen LogP contribution in [0.1, 0.15) is 17.5 Å². The molecule has 1 fully saturated rings. The molecule has 0 aliphatic heterocycles. The standard InChI is InChI=1S/C19H18NO2P/c1-2-16-13-19(16,18(21)22-23)20-17(14-9-5-3-6-10-14)15-11-7-4-8-12-15/h2-12,16H,1,13,23H2. The van der Waals surface area contributed by atoms with Gasteiger partial charge in [0, 0.05) is 17.0 Å². The van der Waals surface area contributed by atoms with Crippen molar-refractivity contribution in [2.24, 2.45) is 10.9 Å². The van der Waals surface area contributed by atoms with E-state index in [2.05, 4.69) is 6.58 Å². The molecule has 4 heteroatoms. The van der Waals surface area contributed by atoms with E-state index in [9.17, 15) is 4.79 Å². The van der Waals surface area contributed by atoms with Gasteiger partial charge in [0.25, 0.3) is 0 Å². The summed E-state index contributed by atoms with van der Waals surface area (Å²) >= 11 is 0. The van der Waals surface area contributed by atoms with E-state index >= 15 is 0 Å². The summed E-state index contributed by atoms with van der Waals surface area (Å²) in [6.45, 7) is 3.80. The van der Waals surface area contributed by atoms with E-state index in [1.165, 1.54) is 0 Å². The maximum Gasteiger partial charge on any atom is 0.336 e. The van der Waals surface area contributed by atoms with Crippen molar-refractivity contribution in [3.63, 3.8) is 0 Å². The average molecular weight is 323 g/mol. The van der Waals surface area contributed by atoms with Gasteiger partial charge in [-0.2, -0.15) is 0 Å². The van der Waals surface area contributed by atoms with Crippen molar-refractivity contribution in [2.45, 2.75) is 12.0 Å². The van der Waals surface area contributed by atoms with E-state index in [0.29, 0.717) is 6.42 Å².